The summed E-state index contributed by atoms with van der Waals surface area (Å²) >= 11 is 0. The maximum atomic E-state index is 12.6. The Kier molecular flexibility index (Phi) is 3.69. The first-order valence-electron chi connectivity index (χ1n) is 7.14. The SMILES string of the molecule is O=C1NCCN(C(=O)C2CCCN2)C1c1ccccc1. The van der Waals surface area contributed by atoms with Crippen molar-refractivity contribution in [1.82, 2.24) is 15.5 Å². The summed E-state index contributed by atoms with van der Waals surface area (Å²) in [6, 6.07) is 8.87. The van der Waals surface area contributed by atoms with Crippen LogP contribution in [-0.4, -0.2) is 42.4 Å². The third kappa shape index (κ3) is 2.41. The fraction of sp³-hybridized carbons (Fsp3) is 0.467. The molecule has 5 heteroatoms. The van der Waals surface area contributed by atoms with Crippen molar-refractivity contribution in [3.8, 4) is 0 Å². The number of hydrogen-bond acceptors (Lipinski definition) is 3. The molecule has 2 atom stereocenters. The largest absolute Gasteiger partial charge is 0.352 e. The number of rotatable bonds is 2. The van der Waals surface area contributed by atoms with Crippen molar-refractivity contribution in [3.05, 3.63) is 35.9 Å². The van der Waals surface area contributed by atoms with Gasteiger partial charge in [-0.1, -0.05) is 30.3 Å². The number of nitrogens with zero attached hydrogens (tertiary/aromatic N) is 1. The van der Waals surface area contributed by atoms with Gasteiger partial charge in [-0.05, 0) is 24.9 Å². The maximum Gasteiger partial charge on any atom is 0.247 e. The van der Waals surface area contributed by atoms with Crippen molar-refractivity contribution in [1.29, 1.82) is 0 Å². The number of carbonyl (C=O) groups excluding carboxylic acids is 2. The quantitative estimate of drug-likeness (QED) is 0.822. The highest BCUT2D eigenvalue weighted by molar-refractivity contribution is 5.91. The second-order valence-corrected chi connectivity index (χ2v) is 5.28. The summed E-state index contributed by atoms with van der Waals surface area (Å²) in [5.74, 6) is -0.0417. The summed E-state index contributed by atoms with van der Waals surface area (Å²) in [7, 11) is 0. The molecule has 2 aliphatic heterocycles. The highest BCUT2D eigenvalue weighted by Gasteiger charge is 2.37. The summed E-state index contributed by atoms with van der Waals surface area (Å²) in [6.45, 7) is 1.98. The van der Waals surface area contributed by atoms with Crippen LogP contribution in [0.25, 0.3) is 0 Å². The average molecular weight is 273 g/mol. The minimum absolute atomic E-state index is 0.0474. The Bertz CT molecular complexity index is 497. The van der Waals surface area contributed by atoms with Gasteiger partial charge >= 0.3 is 0 Å². The van der Waals surface area contributed by atoms with Crippen molar-refractivity contribution in [2.75, 3.05) is 19.6 Å². The van der Waals surface area contributed by atoms with Crippen molar-refractivity contribution >= 4 is 11.8 Å². The maximum absolute atomic E-state index is 12.6. The lowest BCUT2D eigenvalue weighted by Crippen LogP contribution is -2.55. The van der Waals surface area contributed by atoms with Gasteiger partial charge in [-0.25, -0.2) is 0 Å². The Hall–Kier alpha value is -1.88. The van der Waals surface area contributed by atoms with Gasteiger partial charge in [0.25, 0.3) is 0 Å². The number of benzene rings is 1. The molecular formula is C15H19N3O2. The van der Waals surface area contributed by atoms with Crippen LogP contribution in [-0.2, 0) is 9.59 Å². The zero-order chi connectivity index (χ0) is 13.9. The minimum Gasteiger partial charge on any atom is -0.352 e. The molecule has 0 radical (unpaired) electrons. The first kappa shape index (κ1) is 13.1. The predicted molar refractivity (Wildman–Crippen MR) is 74.9 cm³/mol. The van der Waals surface area contributed by atoms with Crippen LogP contribution in [0.1, 0.15) is 24.4 Å². The van der Waals surface area contributed by atoms with Crippen molar-refractivity contribution in [2.24, 2.45) is 0 Å². The fourth-order valence-corrected chi connectivity index (χ4v) is 2.97. The number of carbonyl (C=O) groups is 2. The lowest BCUT2D eigenvalue weighted by atomic mass is 10.0. The van der Waals surface area contributed by atoms with Gasteiger partial charge in [-0.15, -0.1) is 0 Å². The van der Waals surface area contributed by atoms with E-state index in [0.29, 0.717) is 13.1 Å². The summed E-state index contributed by atoms with van der Waals surface area (Å²) in [6.07, 6.45) is 1.88. The van der Waals surface area contributed by atoms with Crippen LogP contribution >= 0.6 is 0 Å². The second kappa shape index (κ2) is 5.63. The van der Waals surface area contributed by atoms with Crippen LogP contribution in [0.5, 0.6) is 0 Å². The molecule has 0 aliphatic carbocycles. The molecule has 106 valence electrons. The highest BCUT2D eigenvalue weighted by atomic mass is 16.2. The van der Waals surface area contributed by atoms with Crippen LogP contribution in [0, 0.1) is 0 Å². The number of piperazine rings is 1. The van der Waals surface area contributed by atoms with Crippen LogP contribution in [0.3, 0.4) is 0 Å². The topological polar surface area (TPSA) is 61.4 Å². The monoisotopic (exact) mass is 273 g/mol. The molecule has 2 N–H and O–H groups in total. The lowest BCUT2D eigenvalue weighted by Gasteiger charge is -2.36. The van der Waals surface area contributed by atoms with E-state index in [9.17, 15) is 9.59 Å². The van der Waals surface area contributed by atoms with E-state index in [0.717, 1.165) is 24.9 Å². The van der Waals surface area contributed by atoms with E-state index in [1.54, 1.807) is 4.90 Å². The van der Waals surface area contributed by atoms with Gasteiger partial charge in [0.1, 0.15) is 6.04 Å². The van der Waals surface area contributed by atoms with E-state index in [2.05, 4.69) is 10.6 Å². The molecule has 2 aliphatic rings. The van der Waals surface area contributed by atoms with Gasteiger partial charge in [0, 0.05) is 13.1 Å². The normalized spacial score (nSPS) is 26.4. The lowest BCUT2D eigenvalue weighted by molar-refractivity contribution is -0.144. The smallest absolute Gasteiger partial charge is 0.247 e. The molecule has 5 nitrogen and oxygen atoms in total. The van der Waals surface area contributed by atoms with Crippen molar-refractivity contribution in [3.63, 3.8) is 0 Å². The van der Waals surface area contributed by atoms with E-state index in [1.165, 1.54) is 0 Å². The van der Waals surface area contributed by atoms with Gasteiger partial charge in [-0.2, -0.15) is 0 Å². The third-order valence-corrected chi connectivity index (χ3v) is 3.97. The van der Waals surface area contributed by atoms with E-state index < -0.39 is 6.04 Å². The van der Waals surface area contributed by atoms with E-state index in [-0.39, 0.29) is 17.9 Å². The van der Waals surface area contributed by atoms with Crippen LogP contribution < -0.4 is 10.6 Å². The third-order valence-electron chi connectivity index (χ3n) is 3.97. The molecule has 0 saturated carbocycles. The average Bonchev–Trinajstić information content (AvgIpc) is 3.01. The molecule has 1 aromatic carbocycles. The molecule has 3 rings (SSSR count). The summed E-state index contributed by atoms with van der Waals surface area (Å²) in [5, 5.41) is 6.07. The van der Waals surface area contributed by atoms with Gasteiger partial charge in [0.15, 0.2) is 0 Å². The Morgan fingerprint density at radius 2 is 2.00 bits per heavy atom. The molecule has 2 amide bonds. The second-order valence-electron chi connectivity index (χ2n) is 5.28. The van der Waals surface area contributed by atoms with E-state index in [4.69, 9.17) is 0 Å². The Labute approximate surface area is 118 Å². The Morgan fingerprint density at radius 1 is 1.20 bits per heavy atom. The first-order chi connectivity index (χ1) is 9.77. The molecule has 2 saturated heterocycles. The number of nitrogens with one attached hydrogen (secondary N) is 2. The van der Waals surface area contributed by atoms with Crippen LogP contribution in [0.4, 0.5) is 0 Å². The Balaban J connectivity index is 1.86. The molecular weight excluding hydrogens is 254 g/mol. The van der Waals surface area contributed by atoms with Crippen LogP contribution in [0.15, 0.2) is 30.3 Å². The minimum atomic E-state index is -0.500. The van der Waals surface area contributed by atoms with E-state index >= 15 is 0 Å². The van der Waals surface area contributed by atoms with Gasteiger partial charge in [-0.3, -0.25) is 9.59 Å². The molecule has 2 fully saturated rings. The number of hydrogen-bond donors (Lipinski definition) is 2. The zero-order valence-corrected chi connectivity index (χ0v) is 11.3. The standard InChI is InChI=1S/C15H19N3O2/c19-14-13(11-5-2-1-3-6-11)18(10-9-17-14)15(20)12-7-4-8-16-12/h1-3,5-6,12-13,16H,4,7-10H2,(H,17,19). The molecule has 2 unspecified atom stereocenters. The predicted octanol–water partition coefficient (Wildman–Crippen LogP) is 0.438. The van der Waals surface area contributed by atoms with Gasteiger partial charge in [0.05, 0.1) is 6.04 Å². The molecule has 0 bridgehead atoms. The molecule has 20 heavy (non-hydrogen) atoms. The summed E-state index contributed by atoms with van der Waals surface area (Å²) in [4.78, 5) is 26.5. The van der Waals surface area contributed by atoms with Gasteiger partial charge in [0.2, 0.25) is 11.8 Å². The fourth-order valence-electron chi connectivity index (χ4n) is 2.97. The summed E-state index contributed by atoms with van der Waals surface area (Å²) < 4.78 is 0. The van der Waals surface area contributed by atoms with E-state index in [1.807, 2.05) is 30.3 Å². The number of amides is 2. The molecule has 2 heterocycles. The van der Waals surface area contributed by atoms with Crippen molar-refractivity contribution < 1.29 is 9.59 Å². The molecule has 0 spiro atoms. The molecule has 0 aromatic heterocycles. The van der Waals surface area contributed by atoms with Crippen molar-refractivity contribution in [2.45, 2.75) is 24.9 Å². The molecule has 1 aromatic rings. The van der Waals surface area contributed by atoms with Crippen LogP contribution in [0.2, 0.25) is 0 Å². The highest BCUT2D eigenvalue weighted by Crippen LogP contribution is 2.25. The first-order valence-corrected chi connectivity index (χ1v) is 7.14. The Morgan fingerprint density at radius 3 is 2.70 bits per heavy atom. The van der Waals surface area contributed by atoms with Gasteiger partial charge < -0.3 is 15.5 Å². The summed E-state index contributed by atoms with van der Waals surface area (Å²) in [5.41, 5.74) is 0.871. The zero-order valence-electron chi connectivity index (χ0n) is 11.3.